The maximum atomic E-state index is 11.3. The third kappa shape index (κ3) is 2.74. The zero-order chi connectivity index (χ0) is 13.5. The molecule has 0 saturated heterocycles. The lowest BCUT2D eigenvalue weighted by molar-refractivity contribution is 0.496. The van der Waals surface area contributed by atoms with E-state index >= 15 is 0 Å². The van der Waals surface area contributed by atoms with Gasteiger partial charge in [-0.1, -0.05) is 36.4 Å². The van der Waals surface area contributed by atoms with E-state index in [2.05, 4.69) is 0 Å². The highest BCUT2D eigenvalue weighted by Gasteiger charge is 2.09. The van der Waals surface area contributed by atoms with E-state index in [-0.39, 0.29) is 6.15 Å². The molecule has 104 valence electrons. The number of hydrogen-bond acceptors (Lipinski definition) is 4. The number of rotatable bonds is 2. The van der Waals surface area contributed by atoms with Crippen LogP contribution in [0.25, 0.3) is 21.5 Å². The molecule has 0 spiro atoms. The summed E-state index contributed by atoms with van der Waals surface area (Å²) in [6.07, 6.45) is 1.05. The van der Waals surface area contributed by atoms with Crippen LogP contribution in [0.15, 0.2) is 54.6 Å². The molecule has 0 radical (unpaired) electrons. The predicted octanol–water partition coefficient (Wildman–Crippen LogP) is 3.49. The zero-order valence-electron chi connectivity index (χ0n) is 11.0. The molecule has 0 amide bonds. The first-order chi connectivity index (χ1) is 9.03. The van der Waals surface area contributed by atoms with Gasteiger partial charge in [-0.15, -0.1) is 0 Å². The first-order valence-corrected chi connectivity index (χ1v) is 7.65. The monoisotopic (exact) mass is 289 g/mol. The highest BCUT2D eigenvalue weighted by Crippen LogP contribution is 2.30. The molecule has 0 atom stereocenters. The summed E-state index contributed by atoms with van der Waals surface area (Å²) in [5.74, 6) is 0.366. The Morgan fingerprint density at radius 3 is 2.10 bits per heavy atom. The van der Waals surface area contributed by atoms with Crippen molar-refractivity contribution in [3.8, 4) is 5.75 Å². The summed E-state index contributed by atoms with van der Waals surface area (Å²) in [6, 6.07) is 17.3. The van der Waals surface area contributed by atoms with Gasteiger partial charge in [0, 0.05) is 5.39 Å². The minimum atomic E-state index is -3.52. The summed E-state index contributed by atoms with van der Waals surface area (Å²) in [6.45, 7) is 0. The van der Waals surface area contributed by atoms with Crippen molar-refractivity contribution >= 4 is 31.7 Å². The van der Waals surface area contributed by atoms with Crippen LogP contribution in [0, 0.1) is 0 Å². The summed E-state index contributed by atoms with van der Waals surface area (Å²) >= 11 is 0. The van der Waals surface area contributed by atoms with Crippen LogP contribution in [0.5, 0.6) is 5.75 Å². The van der Waals surface area contributed by atoms with Crippen molar-refractivity contribution in [1.29, 1.82) is 0 Å². The number of hydrogen-bond donors (Lipinski definition) is 1. The lowest BCUT2D eigenvalue weighted by Gasteiger charge is -2.08. The van der Waals surface area contributed by atoms with Gasteiger partial charge < -0.3 is 10.3 Å². The van der Waals surface area contributed by atoms with Crippen LogP contribution in [0.4, 0.5) is 0 Å². The van der Waals surface area contributed by atoms with Gasteiger partial charge in [0.1, 0.15) is 5.75 Å². The Bertz CT molecular complexity index is 873. The molecule has 0 bridgehead atoms. The average molecular weight is 289 g/mol. The first kappa shape index (κ1) is 14.3. The van der Waals surface area contributed by atoms with Crippen LogP contribution in [-0.2, 0) is 10.1 Å². The normalized spacial score (nSPS) is 11.2. The van der Waals surface area contributed by atoms with Gasteiger partial charge in [0.25, 0.3) is 0 Å². The summed E-state index contributed by atoms with van der Waals surface area (Å²) < 4.78 is 27.6. The van der Waals surface area contributed by atoms with Gasteiger partial charge in [0.2, 0.25) is 0 Å². The molecule has 0 heterocycles. The molecule has 3 N–H and O–H groups in total. The molecule has 0 saturated carbocycles. The third-order valence-electron chi connectivity index (χ3n) is 2.95. The van der Waals surface area contributed by atoms with Gasteiger partial charge >= 0.3 is 10.1 Å². The van der Waals surface area contributed by atoms with Crippen LogP contribution in [-0.4, -0.2) is 14.7 Å². The fraction of sp³-hybridized carbons (Fsp3) is 0.0667. The highest BCUT2D eigenvalue weighted by molar-refractivity contribution is 7.86. The van der Waals surface area contributed by atoms with Gasteiger partial charge in [0.05, 0.1) is 6.26 Å². The van der Waals surface area contributed by atoms with Crippen molar-refractivity contribution in [1.82, 2.24) is 6.15 Å². The predicted molar refractivity (Wildman–Crippen MR) is 81.9 cm³/mol. The second-order valence-electron chi connectivity index (χ2n) is 4.46. The molecule has 0 aliphatic carbocycles. The Hall–Kier alpha value is -2.11. The largest absolute Gasteiger partial charge is 0.382 e. The van der Waals surface area contributed by atoms with Crippen molar-refractivity contribution in [2.45, 2.75) is 0 Å². The lowest BCUT2D eigenvalue weighted by Crippen LogP contribution is -2.05. The van der Waals surface area contributed by atoms with E-state index in [1.807, 2.05) is 42.5 Å². The molecule has 5 heteroatoms. The van der Waals surface area contributed by atoms with Gasteiger partial charge in [-0.05, 0) is 34.4 Å². The molecule has 3 aromatic carbocycles. The van der Waals surface area contributed by atoms with Crippen molar-refractivity contribution in [3.05, 3.63) is 54.6 Å². The molecule has 0 aromatic heterocycles. The number of benzene rings is 3. The number of fused-ring (bicyclic) bond motifs is 2. The Labute approximate surface area is 117 Å². The van der Waals surface area contributed by atoms with Crippen molar-refractivity contribution in [2.24, 2.45) is 0 Å². The Morgan fingerprint density at radius 2 is 1.45 bits per heavy atom. The van der Waals surface area contributed by atoms with Crippen LogP contribution in [0.1, 0.15) is 0 Å². The average Bonchev–Trinajstić information content (AvgIpc) is 2.35. The van der Waals surface area contributed by atoms with E-state index in [1.54, 1.807) is 12.1 Å². The fourth-order valence-corrected chi connectivity index (χ4v) is 2.65. The summed E-state index contributed by atoms with van der Waals surface area (Å²) in [7, 11) is -3.52. The summed E-state index contributed by atoms with van der Waals surface area (Å²) in [4.78, 5) is 0. The molecule has 3 rings (SSSR count). The van der Waals surface area contributed by atoms with Gasteiger partial charge in [-0.2, -0.15) is 8.42 Å². The third-order valence-corrected chi connectivity index (χ3v) is 3.43. The van der Waals surface area contributed by atoms with E-state index < -0.39 is 10.1 Å². The molecule has 0 aliphatic rings. The van der Waals surface area contributed by atoms with Crippen molar-refractivity contribution in [3.63, 3.8) is 0 Å². The molecular formula is C15H15NO3S. The molecule has 0 aliphatic heterocycles. The standard InChI is InChI=1S/C15H12O3S.H3N/c1-19(16,17)18-15-8-4-7-13-9-11-5-2-3-6-12(11)10-14(13)15;/h2-10H,1H3;1H3. The van der Waals surface area contributed by atoms with E-state index in [9.17, 15) is 8.42 Å². The highest BCUT2D eigenvalue weighted by atomic mass is 32.2. The lowest BCUT2D eigenvalue weighted by atomic mass is 10.0. The van der Waals surface area contributed by atoms with Crippen LogP contribution in [0.2, 0.25) is 0 Å². The summed E-state index contributed by atoms with van der Waals surface area (Å²) in [5, 5.41) is 3.93. The van der Waals surface area contributed by atoms with Crippen LogP contribution >= 0.6 is 0 Å². The Balaban J connectivity index is 0.00000147. The first-order valence-electron chi connectivity index (χ1n) is 5.84. The Morgan fingerprint density at radius 1 is 0.850 bits per heavy atom. The fourth-order valence-electron chi connectivity index (χ4n) is 2.17. The minimum Gasteiger partial charge on any atom is -0.382 e. The van der Waals surface area contributed by atoms with Gasteiger partial charge in [-0.3, -0.25) is 0 Å². The van der Waals surface area contributed by atoms with Crippen LogP contribution < -0.4 is 10.3 Å². The topological polar surface area (TPSA) is 78.4 Å². The molecule has 3 aromatic rings. The van der Waals surface area contributed by atoms with Gasteiger partial charge in [-0.25, -0.2) is 0 Å². The van der Waals surface area contributed by atoms with Crippen molar-refractivity contribution in [2.75, 3.05) is 6.26 Å². The maximum absolute atomic E-state index is 11.3. The van der Waals surface area contributed by atoms with E-state index in [4.69, 9.17) is 4.18 Å². The van der Waals surface area contributed by atoms with E-state index in [0.717, 1.165) is 27.8 Å². The SMILES string of the molecule is CS(=O)(=O)Oc1cccc2cc3ccccc3cc12.N. The minimum absolute atomic E-state index is 0. The zero-order valence-corrected chi connectivity index (χ0v) is 11.9. The molecular weight excluding hydrogens is 274 g/mol. The quantitative estimate of drug-likeness (QED) is 0.578. The van der Waals surface area contributed by atoms with E-state index in [1.165, 1.54) is 0 Å². The second-order valence-corrected chi connectivity index (χ2v) is 6.04. The second kappa shape index (κ2) is 5.11. The van der Waals surface area contributed by atoms with Crippen molar-refractivity contribution < 1.29 is 12.6 Å². The molecule has 0 unspecified atom stereocenters. The molecule has 4 nitrogen and oxygen atoms in total. The Kier molecular flexibility index (Phi) is 3.65. The maximum Gasteiger partial charge on any atom is 0.306 e. The van der Waals surface area contributed by atoms with Gasteiger partial charge in [0.15, 0.2) is 0 Å². The molecule has 20 heavy (non-hydrogen) atoms. The summed E-state index contributed by atoms with van der Waals surface area (Å²) in [5.41, 5.74) is 0. The van der Waals surface area contributed by atoms with E-state index in [0.29, 0.717) is 5.75 Å². The molecule has 0 fully saturated rings. The smallest absolute Gasteiger partial charge is 0.306 e. The van der Waals surface area contributed by atoms with Crippen LogP contribution in [0.3, 0.4) is 0 Å².